The van der Waals surface area contributed by atoms with Gasteiger partial charge >= 0.3 is 11.8 Å². The van der Waals surface area contributed by atoms with Gasteiger partial charge in [0.1, 0.15) is 12.4 Å². The molecule has 0 atom stereocenters. The zero-order chi connectivity index (χ0) is 18.8. The maximum atomic E-state index is 11.4. The molecule has 0 aliphatic rings. The van der Waals surface area contributed by atoms with Crippen molar-refractivity contribution >= 4 is 29.6 Å². The van der Waals surface area contributed by atoms with Crippen LogP contribution in [0, 0.1) is 0 Å². The average Bonchev–Trinajstić information content (AvgIpc) is 2.66. The molecule has 0 heterocycles. The van der Waals surface area contributed by atoms with Crippen molar-refractivity contribution in [3.8, 4) is 5.75 Å². The summed E-state index contributed by atoms with van der Waals surface area (Å²) in [6.07, 6.45) is 2.91. The van der Waals surface area contributed by atoms with Crippen LogP contribution in [0.1, 0.15) is 11.1 Å². The number of carbonyl (C=O) groups excluding carboxylic acids is 2. The average molecular weight is 372 g/mol. The van der Waals surface area contributed by atoms with Gasteiger partial charge in [-0.1, -0.05) is 29.8 Å². The molecule has 0 spiro atoms. The second kappa shape index (κ2) is 10.0. The minimum atomic E-state index is -0.842. The van der Waals surface area contributed by atoms with E-state index in [0.29, 0.717) is 17.4 Å². The summed E-state index contributed by atoms with van der Waals surface area (Å²) < 4.78 is 5.68. The second-order valence-corrected chi connectivity index (χ2v) is 5.62. The molecular formula is C19H18ClN3O3. The van der Waals surface area contributed by atoms with Crippen molar-refractivity contribution in [1.29, 1.82) is 0 Å². The summed E-state index contributed by atoms with van der Waals surface area (Å²) in [7, 11) is 0. The highest BCUT2D eigenvalue weighted by Crippen LogP contribution is 2.15. The maximum Gasteiger partial charge on any atom is 0.329 e. The smallest absolute Gasteiger partial charge is 0.329 e. The largest absolute Gasteiger partial charge is 0.489 e. The van der Waals surface area contributed by atoms with Crippen LogP contribution in [-0.4, -0.2) is 24.6 Å². The highest BCUT2D eigenvalue weighted by molar-refractivity contribution is 6.35. The van der Waals surface area contributed by atoms with Crippen LogP contribution in [0.25, 0.3) is 0 Å². The van der Waals surface area contributed by atoms with E-state index in [9.17, 15) is 9.59 Å². The van der Waals surface area contributed by atoms with E-state index >= 15 is 0 Å². The van der Waals surface area contributed by atoms with E-state index in [2.05, 4.69) is 22.4 Å². The lowest BCUT2D eigenvalue weighted by Crippen LogP contribution is -2.37. The van der Waals surface area contributed by atoms with E-state index in [1.807, 2.05) is 24.3 Å². The third-order valence-electron chi connectivity index (χ3n) is 3.19. The van der Waals surface area contributed by atoms with Gasteiger partial charge in [-0.2, -0.15) is 5.10 Å². The maximum absolute atomic E-state index is 11.4. The number of hydrogen-bond donors (Lipinski definition) is 2. The number of benzene rings is 2. The molecular weight excluding hydrogens is 354 g/mol. The summed E-state index contributed by atoms with van der Waals surface area (Å²) in [5.41, 5.74) is 3.91. The number of nitrogens with one attached hydrogen (secondary N) is 2. The number of ether oxygens (including phenoxy) is 1. The van der Waals surface area contributed by atoms with E-state index < -0.39 is 11.8 Å². The van der Waals surface area contributed by atoms with Gasteiger partial charge in [-0.3, -0.25) is 9.59 Å². The molecule has 0 bridgehead atoms. The van der Waals surface area contributed by atoms with Crippen LogP contribution in [0.2, 0.25) is 5.02 Å². The number of rotatable bonds is 7. The van der Waals surface area contributed by atoms with Crippen molar-refractivity contribution in [3.63, 3.8) is 0 Å². The van der Waals surface area contributed by atoms with Crippen LogP contribution in [-0.2, 0) is 16.2 Å². The Balaban J connectivity index is 1.81. The van der Waals surface area contributed by atoms with Crippen molar-refractivity contribution < 1.29 is 14.3 Å². The van der Waals surface area contributed by atoms with Crippen LogP contribution in [0.5, 0.6) is 5.75 Å². The van der Waals surface area contributed by atoms with Crippen LogP contribution in [0.4, 0.5) is 0 Å². The summed E-state index contributed by atoms with van der Waals surface area (Å²) in [6.45, 7) is 4.09. The number of hydrogen-bond acceptors (Lipinski definition) is 4. The zero-order valence-corrected chi connectivity index (χ0v) is 14.7. The number of carbonyl (C=O) groups is 2. The molecule has 0 fully saturated rings. The van der Waals surface area contributed by atoms with Gasteiger partial charge in [0.15, 0.2) is 0 Å². The zero-order valence-electron chi connectivity index (χ0n) is 13.9. The van der Waals surface area contributed by atoms with Crippen LogP contribution < -0.4 is 15.5 Å². The number of hydrazone groups is 1. The third kappa shape index (κ3) is 6.41. The van der Waals surface area contributed by atoms with Crippen LogP contribution in [0.3, 0.4) is 0 Å². The molecule has 26 heavy (non-hydrogen) atoms. The minimum absolute atomic E-state index is 0.216. The van der Waals surface area contributed by atoms with Gasteiger partial charge < -0.3 is 10.1 Å². The predicted octanol–water partition coefficient (Wildman–Crippen LogP) is 2.67. The van der Waals surface area contributed by atoms with Crippen LogP contribution in [0.15, 0.2) is 66.3 Å². The Morgan fingerprint density at radius 2 is 1.77 bits per heavy atom. The van der Waals surface area contributed by atoms with Gasteiger partial charge in [-0.15, -0.1) is 6.58 Å². The topological polar surface area (TPSA) is 79.8 Å². The van der Waals surface area contributed by atoms with Crippen molar-refractivity contribution in [2.45, 2.75) is 6.61 Å². The highest BCUT2D eigenvalue weighted by atomic mass is 35.5. The fourth-order valence-corrected chi connectivity index (χ4v) is 1.98. The van der Waals surface area contributed by atoms with Crippen molar-refractivity contribution in [3.05, 3.63) is 77.3 Å². The Morgan fingerprint density at radius 3 is 2.42 bits per heavy atom. The Bertz CT molecular complexity index is 787. The first kappa shape index (κ1) is 19.2. The Kier molecular flexibility index (Phi) is 7.39. The normalized spacial score (nSPS) is 10.3. The molecule has 0 radical (unpaired) electrons. The van der Waals surface area contributed by atoms with Gasteiger partial charge in [0.2, 0.25) is 0 Å². The first-order chi connectivity index (χ1) is 12.6. The first-order valence-electron chi connectivity index (χ1n) is 7.78. The van der Waals surface area contributed by atoms with E-state index in [1.165, 1.54) is 12.3 Å². The third-order valence-corrected chi connectivity index (χ3v) is 3.44. The van der Waals surface area contributed by atoms with Gasteiger partial charge in [0.25, 0.3) is 0 Å². The summed E-state index contributed by atoms with van der Waals surface area (Å²) in [6, 6.07) is 14.6. The number of amides is 2. The van der Waals surface area contributed by atoms with Crippen molar-refractivity contribution in [1.82, 2.24) is 10.7 Å². The SMILES string of the molecule is C=CCNC(=O)C(=O)N/N=C\c1ccc(OCc2ccc(Cl)cc2)cc1. The Labute approximate surface area is 156 Å². The second-order valence-electron chi connectivity index (χ2n) is 5.18. The van der Waals surface area contributed by atoms with E-state index in [4.69, 9.17) is 16.3 Å². The van der Waals surface area contributed by atoms with E-state index in [0.717, 1.165) is 11.1 Å². The number of halogens is 1. The minimum Gasteiger partial charge on any atom is -0.489 e. The lowest BCUT2D eigenvalue weighted by Gasteiger charge is -2.06. The molecule has 2 aromatic rings. The first-order valence-corrected chi connectivity index (χ1v) is 8.15. The molecule has 6 nitrogen and oxygen atoms in total. The lowest BCUT2D eigenvalue weighted by molar-refractivity contribution is -0.139. The summed E-state index contributed by atoms with van der Waals surface area (Å²) >= 11 is 5.84. The monoisotopic (exact) mass is 371 g/mol. The fourth-order valence-electron chi connectivity index (χ4n) is 1.86. The Hall–Kier alpha value is -3.12. The molecule has 2 amide bonds. The van der Waals surface area contributed by atoms with Gasteiger partial charge in [0.05, 0.1) is 6.21 Å². The van der Waals surface area contributed by atoms with Gasteiger partial charge in [-0.05, 0) is 47.5 Å². The molecule has 0 aromatic heterocycles. The lowest BCUT2D eigenvalue weighted by atomic mass is 10.2. The highest BCUT2D eigenvalue weighted by Gasteiger charge is 2.10. The molecule has 2 N–H and O–H groups in total. The molecule has 2 aromatic carbocycles. The van der Waals surface area contributed by atoms with Crippen LogP contribution >= 0.6 is 11.6 Å². The molecule has 0 aliphatic carbocycles. The van der Waals surface area contributed by atoms with E-state index in [1.54, 1.807) is 24.3 Å². The van der Waals surface area contributed by atoms with Gasteiger partial charge in [-0.25, -0.2) is 5.43 Å². The predicted molar refractivity (Wildman–Crippen MR) is 101 cm³/mol. The van der Waals surface area contributed by atoms with Gasteiger partial charge in [0, 0.05) is 11.6 Å². The quantitative estimate of drug-likeness (QED) is 0.340. The molecule has 0 saturated carbocycles. The number of nitrogens with zero attached hydrogens (tertiary/aromatic N) is 1. The molecule has 7 heteroatoms. The molecule has 134 valence electrons. The van der Waals surface area contributed by atoms with Crippen molar-refractivity contribution in [2.24, 2.45) is 5.10 Å². The fraction of sp³-hybridized carbons (Fsp3) is 0.105. The van der Waals surface area contributed by atoms with E-state index in [-0.39, 0.29) is 6.54 Å². The summed E-state index contributed by atoms with van der Waals surface area (Å²) in [4.78, 5) is 22.8. The molecule has 0 aliphatic heterocycles. The van der Waals surface area contributed by atoms with Crippen molar-refractivity contribution in [2.75, 3.05) is 6.54 Å². The summed E-state index contributed by atoms with van der Waals surface area (Å²) in [5, 5.41) is 6.77. The standard InChI is InChI=1S/C19H18ClN3O3/c1-2-11-21-18(24)19(25)23-22-12-14-5-9-17(10-6-14)26-13-15-3-7-16(20)8-4-15/h2-10,12H,1,11,13H2,(H,21,24)(H,23,25)/b22-12-. The summed E-state index contributed by atoms with van der Waals surface area (Å²) in [5.74, 6) is -0.913. The Morgan fingerprint density at radius 1 is 1.08 bits per heavy atom. The molecule has 2 rings (SSSR count). The molecule has 0 unspecified atom stereocenters. The molecule has 0 saturated heterocycles.